The third-order valence-corrected chi connectivity index (χ3v) is 6.41. The van der Waals surface area contributed by atoms with Crippen molar-refractivity contribution >= 4 is 27.4 Å². The highest BCUT2D eigenvalue weighted by molar-refractivity contribution is 7.88. The topological polar surface area (TPSA) is 75.6 Å². The lowest BCUT2D eigenvalue weighted by Gasteiger charge is -2.32. The molecular formula is C18H23ClN4O3S. The van der Waals surface area contributed by atoms with E-state index in [2.05, 4.69) is 9.97 Å². The first kappa shape index (κ1) is 19.9. The van der Waals surface area contributed by atoms with E-state index in [0.717, 1.165) is 12.8 Å². The summed E-state index contributed by atoms with van der Waals surface area (Å²) in [5, 5.41) is 0.586. The lowest BCUT2D eigenvalue weighted by molar-refractivity contribution is 0.124. The van der Waals surface area contributed by atoms with Crippen molar-refractivity contribution in [3.8, 4) is 5.88 Å². The number of anilines is 1. The van der Waals surface area contributed by atoms with Gasteiger partial charge in [0.25, 0.3) is 5.88 Å². The number of nitrogens with zero attached hydrogens (tertiary/aromatic N) is 4. The maximum Gasteiger partial charge on any atom is 0.257 e. The number of hydrogen-bond donors (Lipinski definition) is 0. The van der Waals surface area contributed by atoms with Gasteiger partial charge in [-0.3, -0.25) is 0 Å². The fourth-order valence-electron chi connectivity index (χ4n) is 3.00. The summed E-state index contributed by atoms with van der Waals surface area (Å²) < 4.78 is 33.1. The van der Waals surface area contributed by atoms with Crippen LogP contribution in [0.5, 0.6) is 5.88 Å². The molecule has 27 heavy (non-hydrogen) atoms. The molecule has 9 heteroatoms. The molecule has 1 fully saturated rings. The van der Waals surface area contributed by atoms with Gasteiger partial charge >= 0.3 is 0 Å². The van der Waals surface area contributed by atoms with Crippen molar-refractivity contribution in [1.82, 2.24) is 14.3 Å². The Morgan fingerprint density at radius 2 is 1.93 bits per heavy atom. The summed E-state index contributed by atoms with van der Waals surface area (Å²) in [5.41, 5.74) is 0.714. The summed E-state index contributed by atoms with van der Waals surface area (Å²) in [6.45, 7) is 0.802. The van der Waals surface area contributed by atoms with Gasteiger partial charge in [-0.25, -0.2) is 18.4 Å². The largest absolute Gasteiger partial charge is 0.470 e. The summed E-state index contributed by atoms with van der Waals surface area (Å²) in [7, 11) is 0.286. The van der Waals surface area contributed by atoms with E-state index in [-0.39, 0.29) is 11.9 Å². The van der Waals surface area contributed by atoms with Gasteiger partial charge in [0, 0.05) is 38.1 Å². The van der Waals surface area contributed by atoms with Crippen LogP contribution in [0.3, 0.4) is 0 Å². The number of halogens is 1. The molecule has 2 heterocycles. The van der Waals surface area contributed by atoms with Crippen LogP contribution in [0.25, 0.3) is 0 Å². The van der Waals surface area contributed by atoms with Gasteiger partial charge in [-0.05, 0) is 30.5 Å². The molecule has 0 N–H and O–H groups in total. The van der Waals surface area contributed by atoms with Crippen LogP contribution in [-0.2, 0) is 15.8 Å². The molecule has 1 aromatic carbocycles. The zero-order chi connectivity index (χ0) is 19.4. The Morgan fingerprint density at radius 3 is 2.63 bits per heavy atom. The molecule has 0 amide bonds. The van der Waals surface area contributed by atoms with Crippen molar-refractivity contribution in [1.29, 1.82) is 0 Å². The summed E-state index contributed by atoms with van der Waals surface area (Å²) in [6, 6.07) is 6.87. The molecule has 1 aliphatic heterocycles. The predicted molar refractivity (Wildman–Crippen MR) is 106 cm³/mol. The first-order valence-corrected chi connectivity index (χ1v) is 10.7. The van der Waals surface area contributed by atoms with Crippen molar-refractivity contribution < 1.29 is 13.2 Å². The fraction of sp³-hybridized carbons (Fsp3) is 0.444. The zero-order valence-corrected chi connectivity index (χ0v) is 16.9. The van der Waals surface area contributed by atoms with E-state index in [1.165, 1.54) is 4.31 Å². The molecule has 2 aromatic rings. The van der Waals surface area contributed by atoms with E-state index >= 15 is 0 Å². The normalized spacial score (nSPS) is 18.3. The Bertz CT molecular complexity index is 874. The van der Waals surface area contributed by atoms with E-state index in [0.29, 0.717) is 35.4 Å². The number of aromatic nitrogens is 2. The van der Waals surface area contributed by atoms with Crippen LogP contribution in [0.1, 0.15) is 18.4 Å². The first-order chi connectivity index (χ1) is 12.8. The van der Waals surface area contributed by atoms with Crippen LogP contribution in [0, 0.1) is 0 Å². The van der Waals surface area contributed by atoms with Gasteiger partial charge in [0.1, 0.15) is 6.10 Å². The maximum absolute atomic E-state index is 12.8. The average Bonchev–Trinajstić information content (AvgIpc) is 2.64. The molecule has 1 atom stereocenters. The number of hydrogen-bond acceptors (Lipinski definition) is 6. The van der Waals surface area contributed by atoms with Crippen LogP contribution in [-0.4, -0.2) is 56.0 Å². The Morgan fingerprint density at radius 1 is 1.22 bits per heavy atom. The van der Waals surface area contributed by atoms with Crippen LogP contribution in [0.2, 0.25) is 5.02 Å². The molecule has 1 aliphatic rings. The summed E-state index contributed by atoms with van der Waals surface area (Å²) >= 11 is 5.87. The minimum absolute atomic E-state index is 0.0506. The molecule has 7 nitrogen and oxygen atoms in total. The molecule has 3 rings (SSSR count). The third-order valence-electron chi connectivity index (χ3n) is 4.35. The van der Waals surface area contributed by atoms with Crippen molar-refractivity contribution in [2.75, 3.05) is 32.1 Å². The molecule has 146 valence electrons. The first-order valence-electron chi connectivity index (χ1n) is 8.72. The Hall–Kier alpha value is -1.90. The highest BCUT2D eigenvalue weighted by Crippen LogP contribution is 2.25. The van der Waals surface area contributed by atoms with E-state index in [1.807, 2.05) is 19.0 Å². The van der Waals surface area contributed by atoms with Crippen LogP contribution in [0.15, 0.2) is 36.7 Å². The van der Waals surface area contributed by atoms with Gasteiger partial charge in [0.2, 0.25) is 10.0 Å². The third kappa shape index (κ3) is 5.09. The van der Waals surface area contributed by atoms with Gasteiger partial charge in [-0.15, -0.1) is 0 Å². The molecule has 0 aliphatic carbocycles. The highest BCUT2D eigenvalue weighted by Gasteiger charge is 2.30. The van der Waals surface area contributed by atoms with E-state index < -0.39 is 10.0 Å². The standard InChI is InChI=1S/C18H23ClN4O3S/c1-22(2)17-18(21-10-9-20-17)26-16-4-3-11-23(12-16)27(24,25)13-14-5-7-15(19)8-6-14/h5-10,16H,3-4,11-13H2,1-2H3. The lowest BCUT2D eigenvalue weighted by atomic mass is 10.1. The molecule has 0 saturated carbocycles. The van der Waals surface area contributed by atoms with Crippen molar-refractivity contribution in [2.45, 2.75) is 24.7 Å². The van der Waals surface area contributed by atoms with Gasteiger partial charge in [0.15, 0.2) is 5.82 Å². The number of sulfonamides is 1. The molecular weight excluding hydrogens is 388 g/mol. The van der Waals surface area contributed by atoms with Gasteiger partial charge < -0.3 is 9.64 Å². The Labute approximate surface area is 165 Å². The molecule has 1 unspecified atom stereocenters. The lowest BCUT2D eigenvalue weighted by Crippen LogP contribution is -2.44. The van der Waals surface area contributed by atoms with E-state index in [4.69, 9.17) is 16.3 Å². The molecule has 0 radical (unpaired) electrons. The van der Waals surface area contributed by atoms with Crippen LogP contribution < -0.4 is 9.64 Å². The smallest absolute Gasteiger partial charge is 0.257 e. The van der Waals surface area contributed by atoms with E-state index in [1.54, 1.807) is 36.7 Å². The molecule has 1 aromatic heterocycles. The second kappa shape index (κ2) is 8.41. The van der Waals surface area contributed by atoms with Gasteiger partial charge in [0.05, 0.1) is 12.3 Å². The SMILES string of the molecule is CN(C)c1nccnc1OC1CCCN(S(=O)(=O)Cc2ccc(Cl)cc2)C1. The summed E-state index contributed by atoms with van der Waals surface area (Å²) in [6.07, 6.45) is 4.43. The maximum atomic E-state index is 12.8. The highest BCUT2D eigenvalue weighted by atomic mass is 35.5. The van der Waals surface area contributed by atoms with E-state index in [9.17, 15) is 8.42 Å². The van der Waals surface area contributed by atoms with Crippen molar-refractivity contribution in [3.05, 3.63) is 47.2 Å². The zero-order valence-electron chi connectivity index (χ0n) is 15.4. The molecule has 0 bridgehead atoms. The van der Waals surface area contributed by atoms with Gasteiger partial charge in [-0.1, -0.05) is 23.7 Å². The predicted octanol–water partition coefficient (Wildman–Crippen LogP) is 2.57. The van der Waals surface area contributed by atoms with Crippen molar-refractivity contribution in [3.63, 3.8) is 0 Å². The van der Waals surface area contributed by atoms with Crippen LogP contribution in [0.4, 0.5) is 5.82 Å². The second-order valence-corrected chi connectivity index (χ2v) is 9.11. The fourth-order valence-corrected chi connectivity index (χ4v) is 4.72. The Balaban J connectivity index is 1.69. The average molecular weight is 411 g/mol. The Kier molecular flexibility index (Phi) is 6.18. The summed E-state index contributed by atoms with van der Waals surface area (Å²) in [4.78, 5) is 10.3. The minimum Gasteiger partial charge on any atom is -0.470 e. The molecule has 0 spiro atoms. The van der Waals surface area contributed by atoms with Crippen molar-refractivity contribution in [2.24, 2.45) is 0 Å². The minimum atomic E-state index is -3.44. The monoisotopic (exact) mass is 410 g/mol. The summed E-state index contributed by atoms with van der Waals surface area (Å²) in [5.74, 6) is 0.994. The second-order valence-electron chi connectivity index (χ2n) is 6.70. The van der Waals surface area contributed by atoms with Crippen LogP contribution >= 0.6 is 11.6 Å². The number of benzene rings is 1. The molecule has 1 saturated heterocycles. The number of piperidine rings is 1. The van der Waals surface area contributed by atoms with Gasteiger partial charge in [-0.2, -0.15) is 4.31 Å². The number of rotatable bonds is 6. The quantitative estimate of drug-likeness (QED) is 0.728. The number of ether oxygens (including phenoxy) is 1.